The Morgan fingerprint density at radius 3 is 2.43 bits per heavy atom. The van der Waals surface area contributed by atoms with Crippen LogP contribution in [0.1, 0.15) is 35.1 Å². The third kappa shape index (κ3) is 5.29. The van der Waals surface area contributed by atoms with Crippen molar-refractivity contribution in [2.24, 2.45) is 0 Å². The first-order chi connectivity index (χ1) is 14.2. The minimum Gasteiger partial charge on any atom is -0.507 e. The van der Waals surface area contributed by atoms with Gasteiger partial charge in [-0.05, 0) is 72.9 Å². The van der Waals surface area contributed by atoms with Crippen molar-refractivity contribution in [3.05, 3.63) is 69.8 Å². The maximum absolute atomic E-state index is 12.8. The molecule has 0 radical (unpaired) electrons. The van der Waals surface area contributed by atoms with E-state index in [-0.39, 0.29) is 30.4 Å². The zero-order chi connectivity index (χ0) is 21.8. The summed E-state index contributed by atoms with van der Waals surface area (Å²) in [5, 5.41) is 20.6. The number of Topliss-reactive ketones (excluding diaryl/α,β-unsaturated/α-hetero) is 1. The first kappa shape index (κ1) is 22.1. The van der Waals surface area contributed by atoms with Gasteiger partial charge in [0.15, 0.2) is 5.78 Å². The van der Waals surface area contributed by atoms with Crippen molar-refractivity contribution in [1.29, 1.82) is 0 Å². The highest BCUT2D eigenvalue weighted by atomic mass is 35.5. The van der Waals surface area contributed by atoms with Crippen molar-refractivity contribution in [3.63, 3.8) is 0 Å². The zero-order valence-corrected chi connectivity index (χ0v) is 17.9. The van der Waals surface area contributed by atoms with Crippen molar-refractivity contribution < 1.29 is 19.8 Å². The number of likely N-dealkylation sites (tertiary alicyclic amines) is 1. The van der Waals surface area contributed by atoms with E-state index in [1.165, 1.54) is 11.0 Å². The van der Waals surface area contributed by atoms with Crippen molar-refractivity contribution in [2.75, 3.05) is 6.54 Å². The van der Waals surface area contributed by atoms with Crippen LogP contribution in [0.25, 0.3) is 6.08 Å². The Labute approximate surface area is 181 Å². The minimum absolute atomic E-state index is 0.0560. The predicted octanol–water partition coefficient (Wildman–Crippen LogP) is 3.84. The molecule has 1 aliphatic rings. The number of aliphatic hydroxyl groups excluding tert-OH is 1. The number of benzene rings is 2. The number of hydrogen-bond donors (Lipinski definition) is 2. The summed E-state index contributed by atoms with van der Waals surface area (Å²) in [5.41, 5.74) is 3.26. The summed E-state index contributed by atoms with van der Waals surface area (Å²) in [6, 6.07) is 10.3. The van der Waals surface area contributed by atoms with Crippen molar-refractivity contribution in [1.82, 2.24) is 4.90 Å². The average molecular weight is 428 g/mol. The summed E-state index contributed by atoms with van der Waals surface area (Å²) < 4.78 is 0. The van der Waals surface area contributed by atoms with Crippen LogP contribution in [-0.4, -0.2) is 45.5 Å². The molecular weight excluding hydrogens is 402 g/mol. The highest BCUT2D eigenvalue weighted by Crippen LogP contribution is 2.25. The number of aliphatic hydroxyl groups is 1. The van der Waals surface area contributed by atoms with Crippen molar-refractivity contribution in [3.8, 4) is 5.75 Å². The zero-order valence-electron chi connectivity index (χ0n) is 17.1. The third-order valence-corrected chi connectivity index (χ3v) is 5.69. The van der Waals surface area contributed by atoms with Crippen LogP contribution in [0.5, 0.6) is 5.75 Å². The number of phenols is 1. The Hall–Kier alpha value is -2.63. The fraction of sp³-hybridized carbons (Fsp3) is 0.333. The summed E-state index contributed by atoms with van der Waals surface area (Å²) in [6.45, 7) is 3.75. The number of ketones is 1. The molecule has 2 atom stereocenters. The van der Waals surface area contributed by atoms with Gasteiger partial charge in [-0.15, -0.1) is 0 Å². The second kappa shape index (κ2) is 9.45. The van der Waals surface area contributed by atoms with E-state index in [0.717, 1.165) is 22.3 Å². The highest BCUT2D eigenvalue weighted by Gasteiger charge is 2.37. The van der Waals surface area contributed by atoms with E-state index in [1.807, 2.05) is 12.1 Å². The van der Waals surface area contributed by atoms with E-state index in [9.17, 15) is 19.8 Å². The minimum atomic E-state index is -0.704. The van der Waals surface area contributed by atoms with E-state index in [0.29, 0.717) is 17.9 Å². The number of β-amino-alcohol motifs (C(OH)–C–C–N with tert-alkyl or cyclic N) is 1. The molecule has 0 saturated carbocycles. The lowest BCUT2D eigenvalue weighted by molar-refractivity contribution is -0.134. The van der Waals surface area contributed by atoms with Gasteiger partial charge in [0.2, 0.25) is 5.91 Å². The summed E-state index contributed by atoms with van der Waals surface area (Å²) in [5.74, 6) is -0.119. The molecule has 5 nitrogen and oxygen atoms in total. The summed E-state index contributed by atoms with van der Waals surface area (Å²) in [6.07, 6.45) is 3.50. The standard InChI is InChI=1S/C24H26ClNO4/c1-15-11-18(12-16(2)24(15)30)6-10-23(29)26-14-20(27)13-21(26)22(28)9-5-17-3-7-19(25)8-4-17/h3-4,6-8,10-12,20-21,27,30H,5,9,13-14H2,1-2H3/b10-6+/t20-,21+/m1/s1. The number of aromatic hydroxyl groups is 1. The Balaban J connectivity index is 1.66. The molecule has 2 N–H and O–H groups in total. The molecule has 3 rings (SSSR count). The summed E-state index contributed by atoms with van der Waals surface area (Å²) in [4.78, 5) is 27.0. The van der Waals surface area contributed by atoms with Gasteiger partial charge < -0.3 is 15.1 Å². The van der Waals surface area contributed by atoms with Crippen LogP contribution in [0.2, 0.25) is 5.02 Å². The van der Waals surface area contributed by atoms with Crippen LogP contribution in [0, 0.1) is 13.8 Å². The number of nitrogens with zero attached hydrogens (tertiary/aromatic N) is 1. The van der Waals surface area contributed by atoms with E-state index in [2.05, 4.69) is 0 Å². The number of halogens is 1. The molecule has 0 aromatic heterocycles. The molecule has 0 aliphatic carbocycles. The van der Waals surface area contributed by atoms with Gasteiger partial charge in [0.05, 0.1) is 12.1 Å². The predicted molar refractivity (Wildman–Crippen MR) is 118 cm³/mol. The number of phenolic OH excluding ortho intramolecular Hbond substituents is 1. The van der Waals surface area contributed by atoms with Crippen LogP contribution in [-0.2, 0) is 16.0 Å². The number of amides is 1. The van der Waals surface area contributed by atoms with Gasteiger partial charge in [0.25, 0.3) is 0 Å². The van der Waals surface area contributed by atoms with Gasteiger partial charge in [-0.25, -0.2) is 0 Å². The molecule has 1 fully saturated rings. The lowest BCUT2D eigenvalue weighted by atomic mass is 10.0. The number of rotatable bonds is 6. The molecule has 6 heteroatoms. The maximum atomic E-state index is 12.8. The molecule has 0 unspecified atom stereocenters. The molecular formula is C24H26ClNO4. The molecule has 1 heterocycles. The van der Waals surface area contributed by atoms with Gasteiger partial charge in [-0.2, -0.15) is 0 Å². The summed E-state index contributed by atoms with van der Waals surface area (Å²) >= 11 is 5.89. The Kier molecular flexibility index (Phi) is 6.95. The molecule has 30 heavy (non-hydrogen) atoms. The van der Waals surface area contributed by atoms with E-state index in [4.69, 9.17) is 11.6 Å². The van der Waals surface area contributed by atoms with Crippen molar-refractivity contribution in [2.45, 2.75) is 45.3 Å². The second-order valence-electron chi connectivity index (χ2n) is 7.83. The van der Waals surface area contributed by atoms with Gasteiger partial charge in [-0.3, -0.25) is 9.59 Å². The van der Waals surface area contributed by atoms with E-state index < -0.39 is 12.1 Å². The van der Waals surface area contributed by atoms with Gasteiger partial charge in [0, 0.05) is 30.5 Å². The molecule has 1 saturated heterocycles. The Bertz CT molecular complexity index is 945. The molecule has 0 bridgehead atoms. The van der Waals surface area contributed by atoms with Crippen molar-refractivity contribution >= 4 is 29.4 Å². The van der Waals surface area contributed by atoms with Crippen LogP contribution in [0.3, 0.4) is 0 Å². The third-order valence-electron chi connectivity index (χ3n) is 5.44. The highest BCUT2D eigenvalue weighted by molar-refractivity contribution is 6.30. The smallest absolute Gasteiger partial charge is 0.247 e. The molecule has 1 amide bonds. The Morgan fingerprint density at radius 1 is 1.17 bits per heavy atom. The number of carbonyl (C=O) groups is 2. The van der Waals surface area contributed by atoms with Gasteiger partial charge in [-0.1, -0.05) is 23.7 Å². The van der Waals surface area contributed by atoms with Crippen LogP contribution in [0.4, 0.5) is 0 Å². The first-order valence-corrected chi connectivity index (χ1v) is 10.4. The second-order valence-corrected chi connectivity index (χ2v) is 8.26. The SMILES string of the molecule is Cc1cc(/C=C/C(=O)N2C[C@H](O)C[C@H]2C(=O)CCc2ccc(Cl)cc2)cc(C)c1O. The first-order valence-electron chi connectivity index (χ1n) is 9.98. The molecule has 158 valence electrons. The van der Waals surface area contributed by atoms with Crippen LogP contribution < -0.4 is 0 Å². The quantitative estimate of drug-likeness (QED) is 0.686. The van der Waals surface area contributed by atoms with Crippen LogP contribution >= 0.6 is 11.6 Å². The van der Waals surface area contributed by atoms with E-state index >= 15 is 0 Å². The molecule has 2 aromatic carbocycles. The monoisotopic (exact) mass is 427 g/mol. The van der Waals surface area contributed by atoms with Gasteiger partial charge >= 0.3 is 0 Å². The fourth-order valence-electron chi connectivity index (χ4n) is 3.80. The number of hydrogen-bond acceptors (Lipinski definition) is 4. The number of carbonyl (C=O) groups excluding carboxylic acids is 2. The largest absolute Gasteiger partial charge is 0.507 e. The maximum Gasteiger partial charge on any atom is 0.247 e. The normalized spacial score (nSPS) is 18.9. The molecule has 0 spiro atoms. The lowest BCUT2D eigenvalue weighted by Gasteiger charge is -2.22. The van der Waals surface area contributed by atoms with Gasteiger partial charge in [0.1, 0.15) is 5.75 Å². The van der Waals surface area contributed by atoms with Crippen LogP contribution in [0.15, 0.2) is 42.5 Å². The average Bonchev–Trinajstić information content (AvgIpc) is 3.11. The topological polar surface area (TPSA) is 77.8 Å². The summed E-state index contributed by atoms with van der Waals surface area (Å²) in [7, 11) is 0. The fourth-order valence-corrected chi connectivity index (χ4v) is 3.92. The number of aryl methyl sites for hydroxylation is 3. The Morgan fingerprint density at radius 2 is 1.80 bits per heavy atom. The molecule has 2 aromatic rings. The molecule has 1 aliphatic heterocycles. The lowest BCUT2D eigenvalue weighted by Crippen LogP contribution is -2.39. The van der Waals surface area contributed by atoms with E-state index in [1.54, 1.807) is 44.2 Å².